The molecule has 134 valence electrons. The second kappa shape index (κ2) is 9.33. The van der Waals surface area contributed by atoms with Gasteiger partial charge in [0.2, 0.25) is 0 Å². The SMILES string of the molecule is CCCCCc1ccc(-c2ccc(-c3ccc(CCC)nc3)cc2)cc1. The standard InChI is InChI=1S/C25H29N/c1-3-5-6-8-20-9-11-21(12-10-20)22-13-15-23(16-14-22)24-17-18-25(7-4-2)26-19-24/h9-19H,3-8H2,1-2H3. The van der Waals surface area contributed by atoms with Crippen LogP contribution < -0.4 is 0 Å². The summed E-state index contributed by atoms with van der Waals surface area (Å²) >= 11 is 0. The summed E-state index contributed by atoms with van der Waals surface area (Å²) in [6.45, 7) is 4.44. The third-order valence-electron chi connectivity index (χ3n) is 4.91. The Morgan fingerprint density at radius 2 is 1.15 bits per heavy atom. The third kappa shape index (κ3) is 4.82. The summed E-state index contributed by atoms with van der Waals surface area (Å²) in [6.07, 6.45) is 9.25. The molecular formula is C25H29N. The molecule has 0 radical (unpaired) electrons. The summed E-state index contributed by atoms with van der Waals surface area (Å²) in [7, 11) is 0. The van der Waals surface area contributed by atoms with Gasteiger partial charge in [0.15, 0.2) is 0 Å². The Balaban J connectivity index is 1.68. The molecule has 3 aromatic rings. The first-order valence-electron chi connectivity index (χ1n) is 9.95. The van der Waals surface area contributed by atoms with Crippen molar-refractivity contribution in [2.75, 3.05) is 0 Å². The number of benzene rings is 2. The average Bonchev–Trinajstić information content (AvgIpc) is 2.70. The van der Waals surface area contributed by atoms with E-state index in [1.807, 2.05) is 6.20 Å². The lowest BCUT2D eigenvalue weighted by atomic mass is 9.99. The van der Waals surface area contributed by atoms with Crippen molar-refractivity contribution in [1.29, 1.82) is 0 Å². The molecule has 1 heterocycles. The highest BCUT2D eigenvalue weighted by Gasteiger charge is 2.02. The van der Waals surface area contributed by atoms with Crippen LogP contribution >= 0.6 is 0 Å². The Hall–Kier alpha value is -2.41. The maximum absolute atomic E-state index is 4.57. The molecule has 0 atom stereocenters. The summed E-state index contributed by atoms with van der Waals surface area (Å²) in [5, 5.41) is 0. The molecule has 0 unspecified atom stereocenters. The normalized spacial score (nSPS) is 10.8. The minimum atomic E-state index is 1.05. The van der Waals surface area contributed by atoms with Gasteiger partial charge in [-0.3, -0.25) is 4.98 Å². The molecule has 1 aromatic heterocycles. The number of hydrogen-bond acceptors (Lipinski definition) is 1. The van der Waals surface area contributed by atoms with Gasteiger partial charge in [-0.1, -0.05) is 87.7 Å². The number of nitrogens with zero attached hydrogens (tertiary/aromatic N) is 1. The molecule has 1 nitrogen and oxygen atoms in total. The Morgan fingerprint density at radius 1 is 0.577 bits per heavy atom. The Bertz CT molecular complexity index is 783. The molecule has 0 aliphatic carbocycles. The molecule has 0 fully saturated rings. The van der Waals surface area contributed by atoms with Crippen molar-refractivity contribution in [2.24, 2.45) is 0 Å². The van der Waals surface area contributed by atoms with Gasteiger partial charge in [-0.05, 0) is 47.6 Å². The first-order chi connectivity index (χ1) is 12.8. The number of aromatic nitrogens is 1. The fraction of sp³-hybridized carbons (Fsp3) is 0.320. The van der Waals surface area contributed by atoms with Crippen LogP contribution in [-0.2, 0) is 12.8 Å². The Labute approximate surface area is 158 Å². The van der Waals surface area contributed by atoms with Crippen LogP contribution in [0.25, 0.3) is 22.3 Å². The maximum atomic E-state index is 4.57. The van der Waals surface area contributed by atoms with Crippen LogP contribution in [0.2, 0.25) is 0 Å². The van der Waals surface area contributed by atoms with E-state index in [9.17, 15) is 0 Å². The number of unbranched alkanes of at least 4 members (excludes halogenated alkanes) is 2. The Kier molecular flexibility index (Phi) is 6.60. The van der Waals surface area contributed by atoms with Gasteiger partial charge in [0.05, 0.1) is 0 Å². The monoisotopic (exact) mass is 343 g/mol. The molecule has 0 saturated carbocycles. The minimum absolute atomic E-state index is 1.05. The predicted octanol–water partition coefficient (Wildman–Crippen LogP) is 7.10. The summed E-state index contributed by atoms with van der Waals surface area (Å²) < 4.78 is 0. The van der Waals surface area contributed by atoms with Crippen molar-refractivity contribution in [2.45, 2.75) is 52.4 Å². The van der Waals surface area contributed by atoms with E-state index in [1.54, 1.807) is 0 Å². The van der Waals surface area contributed by atoms with E-state index >= 15 is 0 Å². The molecule has 0 spiro atoms. The molecule has 3 rings (SSSR count). The maximum Gasteiger partial charge on any atom is 0.0403 e. The molecule has 2 aromatic carbocycles. The van der Waals surface area contributed by atoms with Crippen molar-refractivity contribution in [3.05, 3.63) is 78.1 Å². The smallest absolute Gasteiger partial charge is 0.0403 e. The van der Waals surface area contributed by atoms with Gasteiger partial charge in [0.1, 0.15) is 0 Å². The van der Waals surface area contributed by atoms with Gasteiger partial charge in [-0.2, -0.15) is 0 Å². The van der Waals surface area contributed by atoms with E-state index in [0.717, 1.165) is 12.8 Å². The highest BCUT2D eigenvalue weighted by molar-refractivity contribution is 5.70. The number of hydrogen-bond donors (Lipinski definition) is 0. The molecule has 26 heavy (non-hydrogen) atoms. The van der Waals surface area contributed by atoms with Gasteiger partial charge < -0.3 is 0 Å². The zero-order valence-corrected chi connectivity index (χ0v) is 16.0. The van der Waals surface area contributed by atoms with Gasteiger partial charge in [-0.15, -0.1) is 0 Å². The van der Waals surface area contributed by atoms with Gasteiger partial charge in [0, 0.05) is 17.5 Å². The van der Waals surface area contributed by atoms with Crippen molar-refractivity contribution in [3.63, 3.8) is 0 Å². The highest BCUT2D eigenvalue weighted by Crippen LogP contribution is 2.25. The van der Waals surface area contributed by atoms with Crippen molar-refractivity contribution in [3.8, 4) is 22.3 Å². The average molecular weight is 344 g/mol. The van der Waals surface area contributed by atoms with Crippen LogP contribution in [0.5, 0.6) is 0 Å². The lowest BCUT2D eigenvalue weighted by Gasteiger charge is -2.07. The molecule has 0 N–H and O–H groups in total. The summed E-state index contributed by atoms with van der Waals surface area (Å²) in [6, 6.07) is 22.2. The van der Waals surface area contributed by atoms with Crippen molar-refractivity contribution < 1.29 is 0 Å². The summed E-state index contributed by atoms with van der Waals surface area (Å²) in [5.74, 6) is 0. The quantitative estimate of drug-likeness (QED) is 0.397. The number of pyridine rings is 1. The molecule has 0 aliphatic heterocycles. The number of rotatable bonds is 8. The van der Waals surface area contributed by atoms with Crippen LogP contribution in [0.4, 0.5) is 0 Å². The fourth-order valence-corrected chi connectivity index (χ4v) is 3.30. The van der Waals surface area contributed by atoms with E-state index in [1.165, 1.54) is 59.2 Å². The minimum Gasteiger partial charge on any atom is -0.261 e. The zero-order chi connectivity index (χ0) is 18.2. The van der Waals surface area contributed by atoms with Crippen LogP contribution in [0.3, 0.4) is 0 Å². The molecule has 1 heteroatoms. The third-order valence-corrected chi connectivity index (χ3v) is 4.91. The Morgan fingerprint density at radius 3 is 1.69 bits per heavy atom. The zero-order valence-electron chi connectivity index (χ0n) is 16.0. The van der Waals surface area contributed by atoms with Crippen LogP contribution in [0.15, 0.2) is 66.9 Å². The van der Waals surface area contributed by atoms with Gasteiger partial charge >= 0.3 is 0 Å². The second-order valence-electron chi connectivity index (χ2n) is 7.02. The first kappa shape index (κ1) is 18.4. The lowest BCUT2D eigenvalue weighted by Crippen LogP contribution is -1.89. The van der Waals surface area contributed by atoms with Crippen molar-refractivity contribution >= 4 is 0 Å². The van der Waals surface area contributed by atoms with Gasteiger partial charge in [0.25, 0.3) is 0 Å². The topological polar surface area (TPSA) is 12.9 Å². The van der Waals surface area contributed by atoms with Crippen LogP contribution in [-0.4, -0.2) is 4.98 Å². The van der Waals surface area contributed by atoms with E-state index in [4.69, 9.17) is 0 Å². The second-order valence-corrected chi connectivity index (χ2v) is 7.02. The molecule has 0 amide bonds. The van der Waals surface area contributed by atoms with E-state index < -0.39 is 0 Å². The van der Waals surface area contributed by atoms with Crippen molar-refractivity contribution in [1.82, 2.24) is 4.98 Å². The summed E-state index contributed by atoms with van der Waals surface area (Å²) in [4.78, 5) is 4.57. The first-order valence-corrected chi connectivity index (χ1v) is 9.95. The van der Waals surface area contributed by atoms with E-state index in [-0.39, 0.29) is 0 Å². The van der Waals surface area contributed by atoms with Crippen LogP contribution in [0, 0.1) is 0 Å². The largest absolute Gasteiger partial charge is 0.261 e. The molecule has 0 bridgehead atoms. The highest BCUT2D eigenvalue weighted by atomic mass is 14.7. The molecular weight excluding hydrogens is 314 g/mol. The molecule has 0 saturated heterocycles. The summed E-state index contributed by atoms with van der Waals surface area (Å²) in [5.41, 5.74) is 7.57. The van der Waals surface area contributed by atoms with E-state index in [0.29, 0.717) is 0 Å². The van der Waals surface area contributed by atoms with Gasteiger partial charge in [-0.25, -0.2) is 0 Å². The van der Waals surface area contributed by atoms with E-state index in [2.05, 4.69) is 79.5 Å². The predicted molar refractivity (Wildman–Crippen MR) is 112 cm³/mol. The lowest BCUT2D eigenvalue weighted by molar-refractivity contribution is 0.717. The number of aryl methyl sites for hydroxylation is 2. The fourth-order valence-electron chi connectivity index (χ4n) is 3.30. The van der Waals surface area contributed by atoms with Crippen LogP contribution in [0.1, 0.15) is 50.8 Å². The molecule has 0 aliphatic rings.